The third-order valence-corrected chi connectivity index (χ3v) is 3.75. The quantitative estimate of drug-likeness (QED) is 0.783. The summed E-state index contributed by atoms with van der Waals surface area (Å²) in [6, 6.07) is 14.9. The van der Waals surface area contributed by atoms with E-state index in [1.165, 1.54) is 10.9 Å². The van der Waals surface area contributed by atoms with Crippen LogP contribution in [0.4, 0.5) is 0 Å². The van der Waals surface area contributed by atoms with Gasteiger partial charge in [-0.25, -0.2) is 4.98 Å². The van der Waals surface area contributed by atoms with E-state index in [0.717, 1.165) is 5.56 Å². The zero-order valence-electron chi connectivity index (χ0n) is 12.8. The summed E-state index contributed by atoms with van der Waals surface area (Å²) in [5, 5.41) is 10.7. The van der Waals surface area contributed by atoms with Gasteiger partial charge in [0.25, 0.3) is 5.56 Å². The lowest BCUT2D eigenvalue weighted by molar-refractivity contribution is 0.152. The van der Waals surface area contributed by atoms with Gasteiger partial charge in [0.15, 0.2) is 0 Å². The normalized spacial score (nSPS) is 12.3. The number of aromatic nitrogens is 2. The summed E-state index contributed by atoms with van der Waals surface area (Å²) >= 11 is 0. The van der Waals surface area contributed by atoms with Crippen molar-refractivity contribution in [1.82, 2.24) is 9.55 Å². The SMILES string of the molecule is COc1ccc2c(=O)n(CC(O)Cc3ccccc3)cnc2c1. The molecule has 5 heteroatoms. The Morgan fingerprint density at radius 2 is 2.00 bits per heavy atom. The molecule has 1 atom stereocenters. The van der Waals surface area contributed by atoms with E-state index >= 15 is 0 Å². The van der Waals surface area contributed by atoms with E-state index in [2.05, 4.69) is 4.98 Å². The van der Waals surface area contributed by atoms with Crippen molar-refractivity contribution >= 4 is 10.9 Å². The summed E-state index contributed by atoms with van der Waals surface area (Å²) in [7, 11) is 1.57. The van der Waals surface area contributed by atoms with Crippen LogP contribution in [0.3, 0.4) is 0 Å². The third-order valence-electron chi connectivity index (χ3n) is 3.75. The molecule has 0 radical (unpaired) electrons. The molecule has 0 fully saturated rings. The Kier molecular flexibility index (Phi) is 4.39. The second kappa shape index (κ2) is 6.62. The lowest BCUT2D eigenvalue weighted by Crippen LogP contribution is -2.28. The summed E-state index contributed by atoms with van der Waals surface area (Å²) in [5.41, 5.74) is 1.46. The summed E-state index contributed by atoms with van der Waals surface area (Å²) < 4.78 is 6.58. The molecule has 3 aromatic rings. The number of ether oxygens (including phenoxy) is 1. The number of hydrogen-bond acceptors (Lipinski definition) is 4. The average molecular weight is 310 g/mol. The molecule has 1 N–H and O–H groups in total. The van der Waals surface area contributed by atoms with Crippen LogP contribution >= 0.6 is 0 Å². The first kappa shape index (κ1) is 15.2. The van der Waals surface area contributed by atoms with Gasteiger partial charge in [-0.2, -0.15) is 0 Å². The molecule has 0 aliphatic carbocycles. The van der Waals surface area contributed by atoms with Crippen molar-refractivity contribution in [1.29, 1.82) is 0 Å². The number of aliphatic hydroxyl groups excluding tert-OH is 1. The Balaban J connectivity index is 1.83. The Hall–Kier alpha value is -2.66. The summed E-state index contributed by atoms with van der Waals surface area (Å²) in [6.07, 6.45) is 1.32. The third kappa shape index (κ3) is 3.40. The predicted molar refractivity (Wildman–Crippen MR) is 88.7 cm³/mol. The second-order valence-electron chi connectivity index (χ2n) is 5.43. The summed E-state index contributed by atoms with van der Waals surface area (Å²) in [5.74, 6) is 0.659. The minimum absolute atomic E-state index is 0.162. The molecule has 0 aliphatic heterocycles. The Morgan fingerprint density at radius 1 is 1.22 bits per heavy atom. The lowest BCUT2D eigenvalue weighted by atomic mass is 10.1. The van der Waals surface area contributed by atoms with Gasteiger partial charge in [0.1, 0.15) is 5.75 Å². The standard InChI is InChI=1S/C18H18N2O3/c1-23-15-7-8-16-17(10-15)19-12-20(18(16)22)11-14(21)9-13-5-3-2-4-6-13/h2-8,10,12,14,21H,9,11H2,1H3. The Bertz CT molecular complexity index is 859. The Labute approximate surface area is 133 Å². The van der Waals surface area contributed by atoms with Crippen LogP contribution in [0.2, 0.25) is 0 Å². The van der Waals surface area contributed by atoms with E-state index in [0.29, 0.717) is 23.1 Å². The molecule has 0 bridgehead atoms. The van der Waals surface area contributed by atoms with E-state index < -0.39 is 6.10 Å². The molecular formula is C18H18N2O3. The van der Waals surface area contributed by atoms with Gasteiger partial charge in [-0.05, 0) is 17.7 Å². The minimum Gasteiger partial charge on any atom is -0.497 e. The van der Waals surface area contributed by atoms with E-state index in [-0.39, 0.29) is 12.1 Å². The molecule has 2 aromatic carbocycles. The first-order valence-corrected chi connectivity index (χ1v) is 7.42. The molecule has 23 heavy (non-hydrogen) atoms. The highest BCUT2D eigenvalue weighted by molar-refractivity contribution is 5.78. The molecule has 0 saturated carbocycles. The van der Waals surface area contributed by atoms with Crippen LogP contribution in [0.15, 0.2) is 59.7 Å². The van der Waals surface area contributed by atoms with Crippen LogP contribution in [0.25, 0.3) is 10.9 Å². The first-order valence-electron chi connectivity index (χ1n) is 7.42. The molecule has 5 nitrogen and oxygen atoms in total. The van der Waals surface area contributed by atoms with Gasteiger partial charge in [-0.15, -0.1) is 0 Å². The molecule has 118 valence electrons. The van der Waals surface area contributed by atoms with Gasteiger partial charge >= 0.3 is 0 Å². The molecule has 0 spiro atoms. The molecule has 0 saturated heterocycles. The first-order chi connectivity index (χ1) is 11.2. The van der Waals surface area contributed by atoms with Gasteiger partial charge < -0.3 is 9.84 Å². The van der Waals surface area contributed by atoms with Crippen LogP contribution in [0, 0.1) is 0 Å². The topological polar surface area (TPSA) is 64.3 Å². The minimum atomic E-state index is -0.646. The number of nitrogens with zero attached hydrogens (tertiary/aromatic N) is 2. The second-order valence-corrected chi connectivity index (χ2v) is 5.43. The highest BCUT2D eigenvalue weighted by atomic mass is 16.5. The van der Waals surface area contributed by atoms with Crippen molar-refractivity contribution in [3.8, 4) is 5.75 Å². The maximum absolute atomic E-state index is 12.5. The molecule has 1 unspecified atom stereocenters. The Morgan fingerprint density at radius 3 is 2.74 bits per heavy atom. The van der Waals surface area contributed by atoms with Crippen molar-refractivity contribution in [3.05, 3.63) is 70.8 Å². The largest absolute Gasteiger partial charge is 0.497 e. The smallest absolute Gasteiger partial charge is 0.261 e. The number of fused-ring (bicyclic) bond motifs is 1. The van der Waals surface area contributed by atoms with Crippen molar-refractivity contribution in [2.75, 3.05) is 7.11 Å². The fraction of sp³-hybridized carbons (Fsp3) is 0.222. The number of hydrogen-bond donors (Lipinski definition) is 1. The van der Waals surface area contributed by atoms with Gasteiger partial charge in [0, 0.05) is 12.5 Å². The van der Waals surface area contributed by atoms with Crippen LogP contribution < -0.4 is 10.3 Å². The van der Waals surface area contributed by atoms with Crippen LogP contribution in [0.5, 0.6) is 5.75 Å². The lowest BCUT2D eigenvalue weighted by Gasteiger charge is -2.13. The van der Waals surface area contributed by atoms with Crippen molar-refractivity contribution in [2.45, 2.75) is 19.1 Å². The maximum atomic E-state index is 12.5. The van der Waals surface area contributed by atoms with Crippen molar-refractivity contribution in [2.24, 2.45) is 0 Å². The number of methoxy groups -OCH3 is 1. The van der Waals surface area contributed by atoms with Gasteiger partial charge in [0.05, 0.1) is 37.0 Å². The number of aliphatic hydroxyl groups is 1. The highest BCUT2D eigenvalue weighted by Crippen LogP contribution is 2.16. The molecule has 1 aromatic heterocycles. The van der Waals surface area contributed by atoms with Gasteiger partial charge in [0.2, 0.25) is 0 Å². The molecule has 1 heterocycles. The van der Waals surface area contributed by atoms with E-state index in [1.54, 1.807) is 25.3 Å². The summed E-state index contributed by atoms with van der Waals surface area (Å²) in [4.78, 5) is 16.8. The van der Waals surface area contributed by atoms with Crippen LogP contribution in [-0.2, 0) is 13.0 Å². The van der Waals surface area contributed by atoms with Crippen molar-refractivity contribution < 1.29 is 9.84 Å². The zero-order chi connectivity index (χ0) is 16.2. The van der Waals surface area contributed by atoms with Crippen molar-refractivity contribution in [3.63, 3.8) is 0 Å². The molecule has 0 amide bonds. The fourth-order valence-corrected chi connectivity index (χ4v) is 2.57. The zero-order valence-corrected chi connectivity index (χ0v) is 12.8. The number of rotatable bonds is 5. The number of benzene rings is 2. The summed E-state index contributed by atoms with van der Waals surface area (Å²) in [6.45, 7) is 0.211. The average Bonchev–Trinajstić information content (AvgIpc) is 2.58. The van der Waals surface area contributed by atoms with Crippen LogP contribution in [-0.4, -0.2) is 27.9 Å². The fourth-order valence-electron chi connectivity index (χ4n) is 2.57. The van der Waals surface area contributed by atoms with Gasteiger partial charge in [-0.1, -0.05) is 30.3 Å². The molecule has 3 rings (SSSR count). The predicted octanol–water partition coefficient (Wildman–Crippen LogP) is 2.01. The highest BCUT2D eigenvalue weighted by Gasteiger charge is 2.10. The van der Waals surface area contributed by atoms with E-state index in [4.69, 9.17) is 4.74 Å². The maximum Gasteiger partial charge on any atom is 0.261 e. The van der Waals surface area contributed by atoms with Crippen LogP contribution in [0.1, 0.15) is 5.56 Å². The van der Waals surface area contributed by atoms with E-state index in [9.17, 15) is 9.90 Å². The van der Waals surface area contributed by atoms with E-state index in [1.807, 2.05) is 30.3 Å². The molecule has 0 aliphatic rings. The molecular weight excluding hydrogens is 292 g/mol. The monoisotopic (exact) mass is 310 g/mol. The van der Waals surface area contributed by atoms with Gasteiger partial charge in [-0.3, -0.25) is 9.36 Å².